The van der Waals surface area contributed by atoms with Gasteiger partial charge >= 0.3 is 11.7 Å². The first-order valence-corrected chi connectivity index (χ1v) is 9.96. The fourth-order valence-electron chi connectivity index (χ4n) is 2.71. The van der Waals surface area contributed by atoms with Crippen molar-refractivity contribution in [2.24, 2.45) is 5.92 Å². The third kappa shape index (κ3) is 4.83. The largest absolute Gasteiger partial charge is 0.462 e. The molecule has 3 heterocycles. The second-order valence-corrected chi connectivity index (χ2v) is 7.52. The number of nitrogens with zero attached hydrogens (tertiary/aromatic N) is 2. The molecule has 3 aromatic heterocycles. The third-order valence-corrected chi connectivity index (χ3v) is 4.80. The molecule has 0 saturated carbocycles. The highest BCUT2D eigenvalue weighted by Gasteiger charge is 2.23. The second kappa shape index (κ2) is 8.91. The lowest BCUT2D eigenvalue weighted by Crippen LogP contribution is -2.26. The molecule has 0 bridgehead atoms. The summed E-state index contributed by atoms with van der Waals surface area (Å²) in [5.41, 5.74) is 1.17. The number of ether oxygens (including phenoxy) is 1. The Labute approximate surface area is 170 Å². The molecule has 0 fully saturated rings. The molecule has 9 nitrogen and oxygen atoms in total. The van der Waals surface area contributed by atoms with E-state index in [9.17, 15) is 14.4 Å². The zero-order chi connectivity index (χ0) is 21.0. The van der Waals surface area contributed by atoms with E-state index in [1.807, 2.05) is 19.2 Å². The molecule has 10 heteroatoms. The summed E-state index contributed by atoms with van der Waals surface area (Å²) < 4.78 is 16.2. The first-order chi connectivity index (χ1) is 13.9. The number of carbonyl (C=O) groups excluding carboxylic acids is 2. The summed E-state index contributed by atoms with van der Waals surface area (Å²) in [5, 5.41) is 8.85. The predicted octanol–water partition coefficient (Wildman–Crippen LogP) is 3.17. The number of esters is 1. The Morgan fingerprint density at radius 1 is 1.38 bits per heavy atom. The van der Waals surface area contributed by atoms with Gasteiger partial charge in [-0.1, -0.05) is 13.8 Å². The van der Waals surface area contributed by atoms with Crippen molar-refractivity contribution in [2.75, 3.05) is 11.9 Å². The van der Waals surface area contributed by atoms with Gasteiger partial charge in [0.2, 0.25) is 5.91 Å². The van der Waals surface area contributed by atoms with Crippen LogP contribution in [-0.4, -0.2) is 28.3 Å². The summed E-state index contributed by atoms with van der Waals surface area (Å²) in [6.07, 6.45) is 2.10. The molecule has 0 radical (unpaired) electrons. The van der Waals surface area contributed by atoms with Crippen LogP contribution in [-0.2, 0) is 22.5 Å². The first-order valence-electron chi connectivity index (χ1n) is 9.08. The fourth-order valence-corrected chi connectivity index (χ4v) is 3.69. The van der Waals surface area contributed by atoms with E-state index in [-0.39, 0.29) is 24.8 Å². The molecule has 0 aromatic carbocycles. The van der Waals surface area contributed by atoms with Gasteiger partial charge in [0.1, 0.15) is 11.5 Å². The van der Waals surface area contributed by atoms with Crippen molar-refractivity contribution < 1.29 is 23.2 Å². The van der Waals surface area contributed by atoms with Gasteiger partial charge in [-0.05, 0) is 42.3 Å². The number of hydrogen-bond donors (Lipinski definition) is 1. The summed E-state index contributed by atoms with van der Waals surface area (Å²) >= 11 is 1.24. The van der Waals surface area contributed by atoms with Crippen molar-refractivity contribution in [3.8, 4) is 11.7 Å². The molecule has 3 aromatic rings. The van der Waals surface area contributed by atoms with Crippen LogP contribution in [0.5, 0.6) is 0 Å². The average molecular weight is 419 g/mol. The molecule has 29 heavy (non-hydrogen) atoms. The van der Waals surface area contributed by atoms with Gasteiger partial charge in [0, 0.05) is 0 Å². The number of aromatic nitrogens is 2. The SMILES string of the molecule is CCOC(=O)c1c(CC(C)C)csc1NC(=O)Cn1nc(-c2ccco2)oc1=O. The van der Waals surface area contributed by atoms with Gasteiger partial charge in [-0.3, -0.25) is 4.79 Å². The summed E-state index contributed by atoms with van der Waals surface area (Å²) in [6.45, 7) is 5.66. The van der Waals surface area contributed by atoms with E-state index in [2.05, 4.69) is 10.4 Å². The normalized spacial score (nSPS) is 11.0. The van der Waals surface area contributed by atoms with Gasteiger partial charge in [0.15, 0.2) is 5.76 Å². The first kappa shape index (κ1) is 20.6. The molecule has 3 rings (SSSR count). The van der Waals surface area contributed by atoms with Gasteiger partial charge < -0.3 is 18.9 Å². The van der Waals surface area contributed by atoms with Crippen LogP contribution in [0.1, 0.15) is 36.7 Å². The van der Waals surface area contributed by atoms with Crippen LogP contribution in [0.25, 0.3) is 11.7 Å². The molecule has 154 valence electrons. The standard InChI is InChI=1S/C19H21N3O6S/c1-4-26-18(24)15-12(8-11(2)3)10-29-17(15)20-14(23)9-22-19(25)28-16(21-22)13-6-5-7-27-13/h5-7,10-11H,4,8-9H2,1-3H3,(H,20,23). The number of amides is 1. The highest BCUT2D eigenvalue weighted by Crippen LogP contribution is 2.31. The van der Waals surface area contributed by atoms with E-state index in [1.165, 1.54) is 17.6 Å². The number of rotatable bonds is 8. The minimum atomic E-state index is -0.788. The number of nitrogens with one attached hydrogen (secondary N) is 1. The highest BCUT2D eigenvalue weighted by atomic mass is 32.1. The van der Waals surface area contributed by atoms with Crippen molar-refractivity contribution in [3.05, 3.63) is 45.5 Å². The third-order valence-electron chi connectivity index (χ3n) is 3.86. The molecule has 0 aliphatic carbocycles. The maximum absolute atomic E-state index is 12.5. The van der Waals surface area contributed by atoms with E-state index in [0.29, 0.717) is 22.9 Å². The Hall–Kier alpha value is -3.14. The van der Waals surface area contributed by atoms with Crippen molar-refractivity contribution in [1.82, 2.24) is 9.78 Å². The highest BCUT2D eigenvalue weighted by molar-refractivity contribution is 7.15. The molecule has 0 spiro atoms. The zero-order valence-electron chi connectivity index (χ0n) is 16.3. The van der Waals surface area contributed by atoms with Crippen molar-refractivity contribution >= 4 is 28.2 Å². The van der Waals surface area contributed by atoms with Crippen LogP contribution in [0.4, 0.5) is 5.00 Å². The summed E-state index contributed by atoms with van der Waals surface area (Å²) in [4.78, 5) is 36.8. The minimum Gasteiger partial charge on any atom is -0.462 e. The van der Waals surface area contributed by atoms with Gasteiger partial charge in [-0.2, -0.15) is 4.68 Å². The number of anilines is 1. The smallest absolute Gasteiger partial charge is 0.437 e. The lowest BCUT2D eigenvalue weighted by molar-refractivity contribution is -0.117. The topological polar surface area (TPSA) is 117 Å². The molecular formula is C19H21N3O6S. The molecule has 1 N–H and O–H groups in total. The van der Waals surface area contributed by atoms with Crippen LogP contribution >= 0.6 is 11.3 Å². The van der Waals surface area contributed by atoms with E-state index in [1.54, 1.807) is 19.1 Å². The van der Waals surface area contributed by atoms with E-state index in [0.717, 1.165) is 10.2 Å². The summed E-state index contributed by atoms with van der Waals surface area (Å²) in [5.74, 6) is -1.20. The Balaban J connectivity index is 1.78. The van der Waals surface area contributed by atoms with E-state index >= 15 is 0 Å². The van der Waals surface area contributed by atoms with Crippen LogP contribution in [0, 0.1) is 5.92 Å². The molecule has 0 aliphatic rings. The van der Waals surface area contributed by atoms with Crippen LogP contribution in [0.2, 0.25) is 0 Å². The van der Waals surface area contributed by atoms with Gasteiger partial charge in [-0.25, -0.2) is 9.59 Å². The Kier molecular flexibility index (Phi) is 6.32. The number of furan rings is 1. The molecular weight excluding hydrogens is 398 g/mol. The van der Waals surface area contributed by atoms with Gasteiger partial charge in [0.05, 0.1) is 18.4 Å². The second-order valence-electron chi connectivity index (χ2n) is 6.64. The quantitative estimate of drug-likeness (QED) is 0.557. The molecule has 0 saturated heterocycles. The zero-order valence-corrected chi connectivity index (χ0v) is 17.1. The Bertz CT molecular complexity index is 1040. The van der Waals surface area contributed by atoms with Gasteiger partial charge in [0.25, 0.3) is 5.89 Å². The Morgan fingerprint density at radius 3 is 2.83 bits per heavy atom. The average Bonchev–Trinajstić information content (AvgIpc) is 3.36. The van der Waals surface area contributed by atoms with Crippen LogP contribution < -0.4 is 11.1 Å². The molecule has 1 amide bonds. The van der Waals surface area contributed by atoms with E-state index in [4.69, 9.17) is 13.6 Å². The predicted molar refractivity (Wildman–Crippen MR) is 106 cm³/mol. The van der Waals surface area contributed by atoms with Gasteiger partial charge in [-0.15, -0.1) is 16.4 Å². The number of hydrogen-bond acceptors (Lipinski definition) is 8. The minimum absolute atomic E-state index is 0.0182. The van der Waals surface area contributed by atoms with Crippen molar-refractivity contribution in [1.29, 1.82) is 0 Å². The fraction of sp³-hybridized carbons (Fsp3) is 0.368. The number of thiophene rings is 1. The summed E-state index contributed by atoms with van der Waals surface area (Å²) in [7, 11) is 0. The number of carbonyl (C=O) groups is 2. The van der Waals surface area contributed by atoms with E-state index < -0.39 is 17.6 Å². The monoisotopic (exact) mass is 419 g/mol. The van der Waals surface area contributed by atoms with Crippen LogP contribution in [0.15, 0.2) is 37.4 Å². The van der Waals surface area contributed by atoms with Crippen LogP contribution in [0.3, 0.4) is 0 Å². The van der Waals surface area contributed by atoms with Crippen molar-refractivity contribution in [2.45, 2.75) is 33.7 Å². The lowest BCUT2D eigenvalue weighted by Gasteiger charge is -2.09. The summed E-state index contributed by atoms with van der Waals surface area (Å²) in [6, 6.07) is 3.21. The van der Waals surface area contributed by atoms with Crippen molar-refractivity contribution in [3.63, 3.8) is 0 Å². The lowest BCUT2D eigenvalue weighted by atomic mass is 10.0. The maximum Gasteiger partial charge on any atom is 0.437 e. The maximum atomic E-state index is 12.5. The molecule has 0 aliphatic heterocycles. The molecule has 0 atom stereocenters. The Morgan fingerprint density at radius 2 is 2.17 bits per heavy atom. The molecule has 0 unspecified atom stereocenters.